The summed E-state index contributed by atoms with van der Waals surface area (Å²) in [5, 5.41) is 12.4. The standard InChI is InChI=1S/C17H24ClN3O4/c1-11-6-13(7-12(2)16(11)18)19-17(24)21-4-5-25-14(9-21)8-20(3)10-15(22)23/h6-7,14H,4-5,8-10H2,1-3H3,(H,19,24)(H,22,23). The summed E-state index contributed by atoms with van der Waals surface area (Å²) < 4.78 is 5.64. The molecule has 0 bridgehead atoms. The molecule has 2 amide bonds. The van der Waals surface area contributed by atoms with Crippen molar-refractivity contribution < 1.29 is 19.4 Å². The lowest BCUT2D eigenvalue weighted by Crippen LogP contribution is -2.50. The van der Waals surface area contributed by atoms with Crippen molar-refractivity contribution >= 4 is 29.3 Å². The Bertz CT molecular complexity index is 630. The minimum Gasteiger partial charge on any atom is -0.480 e. The van der Waals surface area contributed by atoms with Crippen LogP contribution in [0.5, 0.6) is 0 Å². The molecule has 1 fully saturated rings. The van der Waals surface area contributed by atoms with Crippen molar-refractivity contribution in [3.63, 3.8) is 0 Å². The molecule has 0 saturated carbocycles. The van der Waals surface area contributed by atoms with Gasteiger partial charge in [-0.15, -0.1) is 0 Å². The number of aliphatic carboxylic acids is 1. The van der Waals surface area contributed by atoms with Crippen LogP contribution in [0.4, 0.5) is 10.5 Å². The van der Waals surface area contributed by atoms with Crippen molar-refractivity contribution in [3.8, 4) is 0 Å². The summed E-state index contributed by atoms with van der Waals surface area (Å²) in [5.41, 5.74) is 2.52. The van der Waals surface area contributed by atoms with Crippen LogP contribution in [-0.4, -0.2) is 72.8 Å². The minimum absolute atomic E-state index is 0.0601. The fourth-order valence-corrected chi connectivity index (χ4v) is 2.99. The second-order valence-corrected chi connectivity index (χ2v) is 6.76. The van der Waals surface area contributed by atoms with Gasteiger partial charge in [-0.05, 0) is 44.2 Å². The van der Waals surface area contributed by atoms with E-state index in [1.54, 1.807) is 16.8 Å². The van der Waals surface area contributed by atoms with Gasteiger partial charge in [0.25, 0.3) is 0 Å². The number of nitrogens with zero attached hydrogens (tertiary/aromatic N) is 2. The number of halogens is 1. The summed E-state index contributed by atoms with van der Waals surface area (Å²) >= 11 is 6.15. The first-order valence-corrected chi connectivity index (χ1v) is 8.48. The number of benzene rings is 1. The molecule has 1 aliphatic rings. The zero-order chi connectivity index (χ0) is 18.6. The number of morpholine rings is 1. The van der Waals surface area contributed by atoms with E-state index in [1.807, 2.05) is 26.0 Å². The molecular weight excluding hydrogens is 346 g/mol. The largest absolute Gasteiger partial charge is 0.480 e. The zero-order valence-electron chi connectivity index (χ0n) is 14.7. The van der Waals surface area contributed by atoms with E-state index in [0.29, 0.717) is 37.0 Å². The van der Waals surface area contributed by atoms with Crippen LogP contribution >= 0.6 is 11.6 Å². The molecule has 25 heavy (non-hydrogen) atoms. The Morgan fingerprint density at radius 2 is 2.04 bits per heavy atom. The minimum atomic E-state index is -0.888. The predicted molar refractivity (Wildman–Crippen MR) is 96.4 cm³/mol. The van der Waals surface area contributed by atoms with Gasteiger partial charge in [0.1, 0.15) is 0 Å². The SMILES string of the molecule is Cc1cc(NC(=O)N2CCOC(CN(C)CC(=O)O)C2)cc(C)c1Cl. The highest BCUT2D eigenvalue weighted by Gasteiger charge is 2.25. The van der Waals surface area contributed by atoms with E-state index < -0.39 is 5.97 Å². The lowest BCUT2D eigenvalue weighted by molar-refractivity contribution is -0.138. The Morgan fingerprint density at radius 3 is 2.64 bits per heavy atom. The van der Waals surface area contributed by atoms with Crippen LogP contribution in [0.2, 0.25) is 5.02 Å². The van der Waals surface area contributed by atoms with Gasteiger partial charge in [0.2, 0.25) is 0 Å². The van der Waals surface area contributed by atoms with Gasteiger partial charge in [0, 0.05) is 30.3 Å². The van der Waals surface area contributed by atoms with Crippen LogP contribution in [0, 0.1) is 13.8 Å². The zero-order valence-corrected chi connectivity index (χ0v) is 15.5. The Balaban J connectivity index is 1.94. The molecule has 1 aliphatic heterocycles. The molecular formula is C17H24ClN3O4. The van der Waals surface area contributed by atoms with Crippen molar-refractivity contribution in [2.45, 2.75) is 20.0 Å². The van der Waals surface area contributed by atoms with Crippen LogP contribution < -0.4 is 5.32 Å². The fourth-order valence-electron chi connectivity index (χ4n) is 2.88. The second kappa shape index (κ2) is 8.51. The van der Waals surface area contributed by atoms with Gasteiger partial charge in [-0.1, -0.05) is 11.6 Å². The highest BCUT2D eigenvalue weighted by atomic mass is 35.5. The van der Waals surface area contributed by atoms with Crippen molar-refractivity contribution in [1.29, 1.82) is 0 Å². The molecule has 138 valence electrons. The highest BCUT2D eigenvalue weighted by molar-refractivity contribution is 6.32. The number of hydrogen-bond donors (Lipinski definition) is 2. The Hall–Kier alpha value is -1.83. The summed E-state index contributed by atoms with van der Waals surface area (Å²) in [4.78, 5) is 26.6. The molecule has 2 N–H and O–H groups in total. The van der Waals surface area contributed by atoms with Crippen LogP contribution in [0.15, 0.2) is 12.1 Å². The van der Waals surface area contributed by atoms with E-state index in [4.69, 9.17) is 21.4 Å². The second-order valence-electron chi connectivity index (χ2n) is 6.38. The van der Waals surface area contributed by atoms with Gasteiger partial charge >= 0.3 is 12.0 Å². The van der Waals surface area contributed by atoms with Crippen molar-refractivity contribution in [1.82, 2.24) is 9.80 Å². The molecule has 0 aromatic heterocycles. The smallest absolute Gasteiger partial charge is 0.322 e. The van der Waals surface area contributed by atoms with E-state index in [-0.39, 0.29) is 18.7 Å². The van der Waals surface area contributed by atoms with E-state index in [1.165, 1.54) is 0 Å². The molecule has 1 aromatic rings. The quantitative estimate of drug-likeness (QED) is 0.831. The third-order valence-corrected chi connectivity index (χ3v) is 4.63. The first-order valence-electron chi connectivity index (χ1n) is 8.11. The number of carbonyl (C=O) groups excluding carboxylic acids is 1. The number of anilines is 1. The average Bonchev–Trinajstić information content (AvgIpc) is 2.51. The van der Waals surface area contributed by atoms with Gasteiger partial charge in [-0.3, -0.25) is 9.69 Å². The Morgan fingerprint density at radius 1 is 1.40 bits per heavy atom. The van der Waals surface area contributed by atoms with Crippen LogP contribution in [0.1, 0.15) is 11.1 Å². The number of aryl methyl sites for hydroxylation is 2. The molecule has 7 nitrogen and oxygen atoms in total. The summed E-state index contributed by atoms with van der Waals surface area (Å²) in [6, 6.07) is 3.48. The third kappa shape index (κ3) is 5.59. The molecule has 0 spiro atoms. The molecule has 1 aromatic carbocycles. The lowest BCUT2D eigenvalue weighted by Gasteiger charge is -2.34. The number of urea groups is 1. The summed E-state index contributed by atoms with van der Waals surface area (Å²) in [7, 11) is 1.72. The Labute approximate surface area is 152 Å². The van der Waals surface area contributed by atoms with E-state index >= 15 is 0 Å². The molecule has 2 rings (SSSR count). The average molecular weight is 370 g/mol. The van der Waals surface area contributed by atoms with Gasteiger partial charge in [0.15, 0.2) is 0 Å². The van der Waals surface area contributed by atoms with Crippen LogP contribution in [0.3, 0.4) is 0 Å². The van der Waals surface area contributed by atoms with Gasteiger partial charge in [-0.2, -0.15) is 0 Å². The monoisotopic (exact) mass is 369 g/mol. The van der Waals surface area contributed by atoms with Gasteiger partial charge in [-0.25, -0.2) is 4.79 Å². The van der Waals surface area contributed by atoms with E-state index in [2.05, 4.69) is 5.32 Å². The summed E-state index contributed by atoms with van der Waals surface area (Å²) in [6.45, 7) is 5.53. The maximum absolute atomic E-state index is 12.5. The van der Waals surface area contributed by atoms with Crippen LogP contribution in [0.25, 0.3) is 0 Å². The maximum Gasteiger partial charge on any atom is 0.322 e. The molecule has 1 atom stereocenters. The highest BCUT2D eigenvalue weighted by Crippen LogP contribution is 2.24. The topological polar surface area (TPSA) is 82.1 Å². The number of carboxylic acid groups (broad SMARTS) is 1. The van der Waals surface area contributed by atoms with E-state index in [9.17, 15) is 9.59 Å². The fraction of sp³-hybridized carbons (Fsp3) is 0.529. The summed E-state index contributed by atoms with van der Waals surface area (Å²) in [5.74, 6) is -0.888. The number of likely N-dealkylation sites (N-methyl/N-ethyl adjacent to an activating group) is 1. The normalized spacial score (nSPS) is 17.6. The lowest BCUT2D eigenvalue weighted by atomic mass is 10.1. The molecule has 1 heterocycles. The number of carboxylic acids is 1. The van der Waals surface area contributed by atoms with E-state index in [0.717, 1.165) is 11.1 Å². The van der Waals surface area contributed by atoms with Gasteiger partial charge < -0.3 is 20.1 Å². The number of nitrogens with one attached hydrogen (secondary N) is 1. The first kappa shape index (κ1) is 19.5. The molecule has 1 saturated heterocycles. The van der Waals surface area contributed by atoms with Crippen molar-refractivity contribution in [2.24, 2.45) is 0 Å². The number of ether oxygens (including phenoxy) is 1. The van der Waals surface area contributed by atoms with Crippen molar-refractivity contribution in [2.75, 3.05) is 45.2 Å². The summed E-state index contributed by atoms with van der Waals surface area (Å²) in [6.07, 6.45) is -0.211. The number of amides is 2. The Kier molecular flexibility index (Phi) is 6.64. The maximum atomic E-state index is 12.5. The molecule has 8 heteroatoms. The molecule has 1 unspecified atom stereocenters. The third-order valence-electron chi connectivity index (χ3n) is 4.03. The predicted octanol–water partition coefficient (Wildman–Crippen LogP) is 2.21. The number of carbonyl (C=O) groups is 2. The number of rotatable bonds is 5. The van der Waals surface area contributed by atoms with Gasteiger partial charge in [0.05, 0.1) is 19.3 Å². The van der Waals surface area contributed by atoms with Crippen molar-refractivity contribution in [3.05, 3.63) is 28.3 Å². The number of hydrogen-bond acceptors (Lipinski definition) is 4. The molecule has 0 radical (unpaired) electrons. The van der Waals surface area contributed by atoms with Crippen LogP contribution in [-0.2, 0) is 9.53 Å². The molecule has 0 aliphatic carbocycles. The first-order chi connectivity index (χ1) is 11.8.